The van der Waals surface area contributed by atoms with Gasteiger partial charge in [0, 0.05) is 31.9 Å². The van der Waals surface area contributed by atoms with Crippen molar-refractivity contribution in [3.63, 3.8) is 0 Å². The monoisotopic (exact) mass is 326 g/mol. The van der Waals surface area contributed by atoms with Crippen LogP contribution in [0.15, 0.2) is 36.4 Å². The van der Waals surface area contributed by atoms with E-state index in [4.69, 9.17) is 4.74 Å². The van der Waals surface area contributed by atoms with Crippen molar-refractivity contribution < 1.29 is 9.53 Å². The first-order valence-corrected chi connectivity index (χ1v) is 8.41. The summed E-state index contributed by atoms with van der Waals surface area (Å²) in [6.07, 6.45) is 0.0893. The van der Waals surface area contributed by atoms with Crippen LogP contribution in [0.2, 0.25) is 0 Å². The molecule has 2 aliphatic heterocycles. The maximum Gasteiger partial charge on any atom is 0.274 e. The van der Waals surface area contributed by atoms with E-state index < -0.39 is 0 Å². The van der Waals surface area contributed by atoms with Gasteiger partial charge in [0.05, 0.1) is 18.8 Å². The Morgan fingerprint density at radius 1 is 1.33 bits per heavy atom. The summed E-state index contributed by atoms with van der Waals surface area (Å²) in [7, 11) is 0. The molecule has 2 aromatic rings. The fourth-order valence-corrected chi connectivity index (χ4v) is 3.63. The van der Waals surface area contributed by atoms with Crippen LogP contribution < -0.4 is 0 Å². The molecule has 3 heterocycles. The third-order valence-corrected chi connectivity index (χ3v) is 4.86. The molecule has 1 aromatic heterocycles. The largest absolute Gasteiger partial charge is 0.373 e. The minimum Gasteiger partial charge on any atom is -0.373 e. The average molecular weight is 326 g/mol. The highest BCUT2D eigenvalue weighted by molar-refractivity contribution is 5.92. The lowest BCUT2D eigenvalue weighted by molar-refractivity contribution is -0.0503. The van der Waals surface area contributed by atoms with Crippen LogP contribution in [0.4, 0.5) is 0 Å². The minimum absolute atomic E-state index is 0.0167. The second-order valence-corrected chi connectivity index (χ2v) is 6.58. The van der Waals surface area contributed by atoms with Crippen LogP contribution in [0.25, 0.3) is 0 Å². The molecule has 1 aromatic carbocycles. The van der Waals surface area contributed by atoms with E-state index in [2.05, 4.69) is 39.4 Å². The van der Waals surface area contributed by atoms with Gasteiger partial charge in [-0.25, -0.2) is 0 Å². The molecule has 1 amide bonds. The van der Waals surface area contributed by atoms with Crippen molar-refractivity contribution in [3.05, 3.63) is 53.3 Å². The molecule has 2 fully saturated rings. The number of fused-ring (bicyclic) bond motifs is 1. The molecular formula is C18H22N4O2. The fourth-order valence-electron chi connectivity index (χ4n) is 3.63. The molecule has 6 heteroatoms. The van der Waals surface area contributed by atoms with Gasteiger partial charge in [0.25, 0.3) is 5.91 Å². The van der Waals surface area contributed by atoms with E-state index in [0.29, 0.717) is 18.8 Å². The fraction of sp³-hybridized carbons (Fsp3) is 0.444. The van der Waals surface area contributed by atoms with Crippen LogP contribution in [0.1, 0.15) is 21.7 Å². The molecule has 2 aliphatic rings. The first kappa shape index (κ1) is 15.4. The van der Waals surface area contributed by atoms with Crippen LogP contribution in [0, 0.1) is 6.92 Å². The highest BCUT2D eigenvalue weighted by Gasteiger charge is 2.42. The first-order chi connectivity index (χ1) is 11.7. The van der Waals surface area contributed by atoms with Crippen molar-refractivity contribution in [2.45, 2.75) is 25.6 Å². The van der Waals surface area contributed by atoms with E-state index in [1.165, 1.54) is 5.56 Å². The number of amides is 1. The second kappa shape index (κ2) is 6.37. The number of carbonyl (C=O) groups excluding carboxylic acids is 1. The second-order valence-electron chi connectivity index (χ2n) is 6.58. The van der Waals surface area contributed by atoms with Crippen LogP contribution in [-0.4, -0.2) is 64.3 Å². The van der Waals surface area contributed by atoms with Gasteiger partial charge >= 0.3 is 0 Å². The van der Waals surface area contributed by atoms with Crippen LogP contribution in [0.5, 0.6) is 0 Å². The Bertz CT molecular complexity index is 715. The van der Waals surface area contributed by atoms with E-state index in [1.54, 1.807) is 6.07 Å². The van der Waals surface area contributed by atoms with E-state index in [0.717, 1.165) is 25.4 Å². The Balaban J connectivity index is 1.47. The van der Waals surface area contributed by atoms with Gasteiger partial charge in [0.1, 0.15) is 5.69 Å². The molecule has 2 saturated heterocycles. The summed E-state index contributed by atoms with van der Waals surface area (Å²) in [4.78, 5) is 16.9. The Hall–Kier alpha value is -2.18. The molecule has 0 bridgehead atoms. The zero-order valence-corrected chi connectivity index (χ0v) is 13.8. The number of aromatic amines is 1. The number of likely N-dealkylation sites (tertiary alicyclic amines) is 1. The summed E-state index contributed by atoms with van der Waals surface area (Å²) in [6, 6.07) is 12.5. The summed E-state index contributed by atoms with van der Waals surface area (Å²) >= 11 is 0. The predicted molar refractivity (Wildman–Crippen MR) is 89.6 cm³/mol. The molecule has 1 N–H and O–H groups in total. The number of ether oxygens (including phenoxy) is 1. The van der Waals surface area contributed by atoms with Crippen molar-refractivity contribution in [3.8, 4) is 0 Å². The van der Waals surface area contributed by atoms with Crippen LogP contribution in [0.3, 0.4) is 0 Å². The standard InChI is InChI=1S/C18H22N4O2/c1-13-9-15(20-19-13)18(23)22-11-16-17(12-22)24-8-7-21(16)10-14-5-3-2-4-6-14/h2-6,9,16-17H,7-8,10-12H2,1H3,(H,19,20)/t16-,17+/m0/s1. The number of hydrogen-bond acceptors (Lipinski definition) is 4. The SMILES string of the molecule is Cc1cc(C(=O)N2C[C@H]3OCCN(Cc4ccccc4)[C@H]3C2)n[nH]1. The van der Waals surface area contributed by atoms with Gasteiger partial charge in [-0.1, -0.05) is 30.3 Å². The third kappa shape index (κ3) is 2.95. The van der Waals surface area contributed by atoms with Gasteiger partial charge in [-0.15, -0.1) is 0 Å². The number of morpholine rings is 1. The van der Waals surface area contributed by atoms with Crippen molar-refractivity contribution >= 4 is 5.91 Å². The number of nitrogens with one attached hydrogen (secondary N) is 1. The zero-order chi connectivity index (χ0) is 16.5. The van der Waals surface area contributed by atoms with E-state index in [9.17, 15) is 4.79 Å². The number of hydrogen-bond donors (Lipinski definition) is 1. The number of benzene rings is 1. The molecule has 126 valence electrons. The van der Waals surface area contributed by atoms with Crippen LogP contribution in [-0.2, 0) is 11.3 Å². The quantitative estimate of drug-likeness (QED) is 0.927. The Morgan fingerprint density at radius 2 is 2.17 bits per heavy atom. The summed E-state index contributed by atoms with van der Waals surface area (Å²) in [5.74, 6) is -0.0167. The van der Waals surface area contributed by atoms with E-state index in [-0.39, 0.29) is 18.1 Å². The molecule has 0 spiro atoms. The molecule has 24 heavy (non-hydrogen) atoms. The molecule has 0 radical (unpaired) electrons. The predicted octanol–water partition coefficient (Wildman–Crippen LogP) is 1.44. The lowest BCUT2D eigenvalue weighted by Gasteiger charge is -2.36. The maximum absolute atomic E-state index is 12.6. The topological polar surface area (TPSA) is 61.5 Å². The highest BCUT2D eigenvalue weighted by atomic mass is 16.5. The van der Waals surface area contributed by atoms with Gasteiger partial charge in [0.15, 0.2) is 0 Å². The number of aromatic nitrogens is 2. The first-order valence-electron chi connectivity index (χ1n) is 8.41. The number of nitrogens with zero attached hydrogens (tertiary/aromatic N) is 3. The number of rotatable bonds is 3. The Labute approximate surface area is 141 Å². The number of H-pyrrole nitrogens is 1. The van der Waals surface area contributed by atoms with Gasteiger partial charge in [-0.2, -0.15) is 5.10 Å². The molecule has 4 rings (SSSR count). The van der Waals surface area contributed by atoms with Crippen molar-refractivity contribution in [2.24, 2.45) is 0 Å². The zero-order valence-electron chi connectivity index (χ0n) is 13.8. The van der Waals surface area contributed by atoms with E-state index >= 15 is 0 Å². The summed E-state index contributed by atoms with van der Waals surface area (Å²) in [6.45, 7) is 5.76. The average Bonchev–Trinajstić information content (AvgIpc) is 3.22. The van der Waals surface area contributed by atoms with Crippen molar-refractivity contribution in [1.82, 2.24) is 20.0 Å². The third-order valence-electron chi connectivity index (χ3n) is 4.86. The van der Waals surface area contributed by atoms with Crippen LogP contribution >= 0.6 is 0 Å². The Kier molecular flexibility index (Phi) is 4.08. The normalized spacial score (nSPS) is 24.1. The van der Waals surface area contributed by atoms with Gasteiger partial charge < -0.3 is 9.64 Å². The summed E-state index contributed by atoms with van der Waals surface area (Å²) < 4.78 is 5.93. The molecule has 0 saturated carbocycles. The molecule has 0 aliphatic carbocycles. The van der Waals surface area contributed by atoms with Crippen molar-refractivity contribution in [1.29, 1.82) is 0 Å². The molecule has 0 unspecified atom stereocenters. The lowest BCUT2D eigenvalue weighted by atomic mass is 10.1. The molecule has 6 nitrogen and oxygen atoms in total. The minimum atomic E-state index is -0.0167. The van der Waals surface area contributed by atoms with Gasteiger partial charge in [-0.05, 0) is 18.6 Å². The molecule has 2 atom stereocenters. The van der Waals surface area contributed by atoms with Gasteiger partial charge in [-0.3, -0.25) is 14.8 Å². The highest BCUT2D eigenvalue weighted by Crippen LogP contribution is 2.25. The maximum atomic E-state index is 12.6. The van der Waals surface area contributed by atoms with Crippen molar-refractivity contribution in [2.75, 3.05) is 26.2 Å². The summed E-state index contributed by atoms with van der Waals surface area (Å²) in [5.41, 5.74) is 2.68. The van der Waals surface area contributed by atoms with Gasteiger partial charge in [0.2, 0.25) is 0 Å². The van der Waals surface area contributed by atoms with E-state index in [1.807, 2.05) is 17.9 Å². The molecular weight excluding hydrogens is 304 g/mol. The number of carbonyl (C=O) groups is 1. The summed E-state index contributed by atoms with van der Waals surface area (Å²) in [5, 5.41) is 6.93. The number of aryl methyl sites for hydroxylation is 1. The Morgan fingerprint density at radius 3 is 2.92 bits per heavy atom. The lowest BCUT2D eigenvalue weighted by Crippen LogP contribution is -2.50. The smallest absolute Gasteiger partial charge is 0.274 e.